The Balaban J connectivity index is 1.52. The summed E-state index contributed by atoms with van der Waals surface area (Å²) in [7, 11) is 0. The van der Waals surface area contributed by atoms with Gasteiger partial charge in [-0.1, -0.05) is 37.3 Å². The summed E-state index contributed by atoms with van der Waals surface area (Å²) in [6, 6.07) is 13.2. The van der Waals surface area contributed by atoms with E-state index in [1.54, 1.807) is 0 Å². The Kier molecular flexibility index (Phi) is 6.84. The highest BCUT2D eigenvalue weighted by molar-refractivity contribution is 5.79. The predicted molar refractivity (Wildman–Crippen MR) is 111 cm³/mol. The number of carbonyl (C=O) groups is 1. The standard InChI is InChI=1S/C24H31FN2O/c1-4-23(21-8-5-17(2)18(3)15-21)26-24(28)20-11-13-27(14-12-20)16-19-6-9-22(25)10-7-19/h5-10,15,20,23H,4,11-14,16H2,1-3H3,(H,26,28)/t23-/m0/s1. The number of rotatable bonds is 6. The third-order valence-corrected chi connectivity index (χ3v) is 5.94. The third-order valence-electron chi connectivity index (χ3n) is 5.94. The molecule has 0 bridgehead atoms. The Labute approximate surface area is 167 Å². The second kappa shape index (κ2) is 9.33. The zero-order valence-corrected chi connectivity index (χ0v) is 17.2. The number of aryl methyl sites for hydroxylation is 2. The van der Waals surface area contributed by atoms with Gasteiger partial charge in [-0.15, -0.1) is 0 Å². The van der Waals surface area contributed by atoms with Crippen molar-refractivity contribution in [3.63, 3.8) is 0 Å². The first kappa shape index (κ1) is 20.5. The Bertz CT molecular complexity index is 795. The van der Waals surface area contributed by atoms with Crippen LogP contribution in [-0.4, -0.2) is 23.9 Å². The van der Waals surface area contributed by atoms with Crippen LogP contribution in [0.15, 0.2) is 42.5 Å². The molecule has 0 aliphatic carbocycles. The van der Waals surface area contributed by atoms with E-state index in [1.807, 2.05) is 12.1 Å². The van der Waals surface area contributed by atoms with Gasteiger partial charge in [0.05, 0.1) is 6.04 Å². The molecule has 1 amide bonds. The van der Waals surface area contributed by atoms with E-state index in [2.05, 4.69) is 49.2 Å². The van der Waals surface area contributed by atoms with Crippen molar-refractivity contribution in [2.24, 2.45) is 5.92 Å². The Morgan fingerprint density at radius 1 is 1.11 bits per heavy atom. The number of piperidine rings is 1. The number of likely N-dealkylation sites (tertiary alicyclic amines) is 1. The number of halogens is 1. The molecule has 1 fully saturated rings. The molecule has 2 aromatic carbocycles. The molecule has 3 rings (SSSR count). The summed E-state index contributed by atoms with van der Waals surface area (Å²) in [5.41, 5.74) is 4.84. The lowest BCUT2D eigenvalue weighted by molar-refractivity contribution is -0.127. The lowest BCUT2D eigenvalue weighted by Gasteiger charge is -2.32. The molecule has 28 heavy (non-hydrogen) atoms. The van der Waals surface area contributed by atoms with Crippen LogP contribution in [0.5, 0.6) is 0 Å². The summed E-state index contributed by atoms with van der Waals surface area (Å²) in [5, 5.41) is 3.27. The van der Waals surface area contributed by atoms with Crippen molar-refractivity contribution >= 4 is 5.91 Å². The van der Waals surface area contributed by atoms with E-state index < -0.39 is 0 Å². The molecule has 0 aromatic heterocycles. The van der Waals surface area contributed by atoms with Gasteiger partial charge in [-0.3, -0.25) is 9.69 Å². The molecule has 1 saturated heterocycles. The molecular weight excluding hydrogens is 351 g/mol. The average Bonchev–Trinajstić information content (AvgIpc) is 2.70. The maximum absolute atomic E-state index is 13.0. The smallest absolute Gasteiger partial charge is 0.223 e. The topological polar surface area (TPSA) is 32.3 Å². The third kappa shape index (κ3) is 5.20. The molecule has 0 unspecified atom stereocenters. The molecule has 150 valence electrons. The van der Waals surface area contributed by atoms with Crippen molar-refractivity contribution < 1.29 is 9.18 Å². The van der Waals surface area contributed by atoms with Crippen molar-refractivity contribution in [1.82, 2.24) is 10.2 Å². The number of nitrogens with one attached hydrogen (secondary N) is 1. The minimum absolute atomic E-state index is 0.0732. The molecule has 1 atom stereocenters. The molecule has 1 heterocycles. The second-order valence-electron chi connectivity index (χ2n) is 7.99. The summed E-state index contributed by atoms with van der Waals surface area (Å²) < 4.78 is 13.0. The molecule has 0 saturated carbocycles. The van der Waals surface area contributed by atoms with Crippen LogP contribution >= 0.6 is 0 Å². The van der Waals surface area contributed by atoms with Crippen LogP contribution in [0.25, 0.3) is 0 Å². The van der Waals surface area contributed by atoms with Crippen LogP contribution in [0.2, 0.25) is 0 Å². The Morgan fingerprint density at radius 2 is 1.79 bits per heavy atom. The summed E-state index contributed by atoms with van der Waals surface area (Å²) in [6.45, 7) is 8.95. The number of amides is 1. The van der Waals surface area contributed by atoms with Gasteiger partial charge in [-0.2, -0.15) is 0 Å². The fourth-order valence-corrected chi connectivity index (χ4v) is 3.89. The van der Waals surface area contributed by atoms with Gasteiger partial charge in [0, 0.05) is 12.5 Å². The molecule has 3 nitrogen and oxygen atoms in total. The molecular formula is C24H31FN2O. The van der Waals surface area contributed by atoms with E-state index in [9.17, 15) is 9.18 Å². The minimum Gasteiger partial charge on any atom is -0.349 e. The number of hydrogen-bond acceptors (Lipinski definition) is 2. The lowest BCUT2D eigenvalue weighted by Crippen LogP contribution is -2.41. The highest BCUT2D eigenvalue weighted by atomic mass is 19.1. The van der Waals surface area contributed by atoms with Crippen LogP contribution in [0.1, 0.15) is 54.5 Å². The van der Waals surface area contributed by atoms with Crippen LogP contribution in [0.4, 0.5) is 4.39 Å². The lowest BCUT2D eigenvalue weighted by atomic mass is 9.94. The first-order chi connectivity index (χ1) is 13.5. The SMILES string of the molecule is CC[C@H](NC(=O)C1CCN(Cc2ccc(F)cc2)CC1)c1ccc(C)c(C)c1. The van der Waals surface area contributed by atoms with Crippen LogP contribution in [0, 0.1) is 25.6 Å². The fourth-order valence-electron chi connectivity index (χ4n) is 3.89. The predicted octanol–water partition coefficient (Wildman–Crippen LogP) is 4.92. The molecule has 0 radical (unpaired) electrons. The van der Waals surface area contributed by atoms with Crippen LogP contribution in [0.3, 0.4) is 0 Å². The van der Waals surface area contributed by atoms with Gasteiger partial charge in [0.25, 0.3) is 0 Å². The van der Waals surface area contributed by atoms with E-state index in [-0.39, 0.29) is 23.7 Å². The quantitative estimate of drug-likeness (QED) is 0.769. The summed E-state index contributed by atoms with van der Waals surface area (Å²) in [4.78, 5) is 15.2. The number of benzene rings is 2. The second-order valence-corrected chi connectivity index (χ2v) is 7.99. The molecule has 2 aromatic rings. The van der Waals surface area contributed by atoms with Gasteiger partial charge in [0.2, 0.25) is 5.91 Å². The van der Waals surface area contributed by atoms with Crippen LogP contribution in [-0.2, 0) is 11.3 Å². The maximum atomic E-state index is 13.0. The van der Waals surface area contributed by atoms with E-state index in [1.165, 1.54) is 28.8 Å². The van der Waals surface area contributed by atoms with Gasteiger partial charge >= 0.3 is 0 Å². The van der Waals surface area contributed by atoms with E-state index in [0.717, 1.165) is 44.5 Å². The molecule has 0 spiro atoms. The molecule has 4 heteroatoms. The Morgan fingerprint density at radius 3 is 2.39 bits per heavy atom. The van der Waals surface area contributed by atoms with Gasteiger partial charge in [-0.25, -0.2) is 4.39 Å². The average molecular weight is 383 g/mol. The Hall–Kier alpha value is -2.20. The van der Waals surface area contributed by atoms with Gasteiger partial charge in [-0.05, 0) is 80.6 Å². The fraction of sp³-hybridized carbons (Fsp3) is 0.458. The maximum Gasteiger partial charge on any atom is 0.223 e. The van der Waals surface area contributed by atoms with Crippen molar-refractivity contribution in [3.8, 4) is 0 Å². The first-order valence-electron chi connectivity index (χ1n) is 10.3. The van der Waals surface area contributed by atoms with E-state index >= 15 is 0 Å². The van der Waals surface area contributed by atoms with Crippen molar-refractivity contribution in [1.29, 1.82) is 0 Å². The molecule has 1 aliphatic rings. The number of nitrogens with zero attached hydrogens (tertiary/aromatic N) is 1. The highest BCUT2D eigenvalue weighted by Gasteiger charge is 2.26. The van der Waals surface area contributed by atoms with E-state index in [4.69, 9.17) is 0 Å². The summed E-state index contributed by atoms with van der Waals surface area (Å²) in [5.74, 6) is 0.0463. The van der Waals surface area contributed by atoms with E-state index in [0.29, 0.717) is 0 Å². The summed E-state index contributed by atoms with van der Waals surface area (Å²) in [6.07, 6.45) is 2.63. The zero-order chi connectivity index (χ0) is 20.1. The van der Waals surface area contributed by atoms with Gasteiger partial charge < -0.3 is 5.32 Å². The normalized spacial score (nSPS) is 16.7. The van der Waals surface area contributed by atoms with Crippen molar-refractivity contribution in [2.45, 2.75) is 52.6 Å². The molecule has 1 aliphatic heterocycles. The highest BCUT2D eigenvalue weighted by Crippen LogP contribution is 2.23. The zero-order valence-electron chi connectivity index (χ0n) is 17.2. The minimum atomic E-state index is -0.201. The summed E-state index contributed by atoms with van der Waals surface area (Å²) >= 11 is 0. The molecule has 1 N–H and O–H groups in total. The van der Waals surface area contributed by atoms with Crippen molar-refractivity contribution in [3.05, 3.63) is 70.5 Å². The van der Waals surface area contributed by atoms with Gasteiger partial charge in [0.1, 0.15) is 5.82 Å². The number of carbonyl (C=O) groups excluding carboxylic acids is 1. The van der Waals surface area contributed by atoms with Gasteiger partial charge in [0.15, 0.2) is 0 Å². The van der Waals surface area contributed by atoms with Crippen molar-refractivity contribution in [2.75, 3.05) is 13.1 Å². The largest absolute Gasteiger partial charge is 0.349 e. The first-order valence-corrected chi connectivity index (χ1v) is 10.3. The van der Waals surface area contributed by atoms with Crippen LogP contribution < -0.4 is 5.32 Å². The monoisotopic (exact) mass is 382 g/mol. The number of hydrogen-bond donors (Lipinski definition) is 1.